The van der Waals surface area contributed by atoms with Crippen LogP contribution in [0, 0.1) is 0 Å². The molecule has 0 atom stereocenters. The number of amides is 1. The van der Waals surface area contributed by atoms with E-state index >= 15 is 0 Å². The van der Waals surface area contributed by atoms with Crippen LogP contribution >= 0.6 is 15.9 Å². The van der Waals surface area contributed by atoms with Gasteiger partial charge in [0.15, 0.2) is 0 Å². The van der Waals surface area contributed by atoms with Crippen LogP contribution in [0.15, 0.2) is 59.1 Å². The van der Waals surface area contributed by atoms with Crippen LogP contribution in [0.5, 0.6) is 5.75 Å². The highest BCUT2D eigenvalue weighted by Crippen LogP contribution is 2.38. The lowest BCUT2D eigenvalue weighted by molar-refractivity contribution is -0.137. The summed E-state index contributed by atoms with van der Waals surface area (Å²) >= 11 is 3.22. The highest BCUT2D eigenvalue weighted by molar-refractivity contribution is 9.10. The van der Waals surface area contributed by atoms with Crippen molar-refractivity contribution in [2.45, 2.75) is 31.7 Å². The second-order valence-electron chi connectivity index (χ2n) is 8.67. The Morgan fingerprint density at radius 3 is 2.36 bits per heavy atom. The zero-order valence-electron chi connectivity index (χ0n) is 19.2. The first-order valence-corrected chi connectivity index (χ1v) is 13.3. The second-order valence-corrected chi connectivity index (χ2v) is 11.8. The summed E-state index contributed by atoms with van der Waals surface area (Å²) in [6.07, 6.45) is -3.98. The molecular weight excluding hydrogens is 561 g/mol. The lowest BCUT2D eigenvalue weighted by Crippen LogP contribution is -2.37. The van der Waals surface area contributed by atoms with E-state index in [1.165, 1.54) is 43.0 Å². The zero-order chi connectivity index (χ0) is 26.4. The third kappa shape index (κ3) is 5.08. The minimum atomic E-state index is -4.45. The largest absolute Gasteiger partial charge is 0.506 e. The van der Waals surface area contributed by atoms with Crippen molar-refractivity contribution in [3.05, 3.63) is 75.8 Å². The number of benzene rings is 3. The van der Waals surface area contributed by atoms with E-state index < -0.39 is 27.0 Å². The van der Waals surface area contributed by atoms with E-state index in [-0.39, 0.29) is 17.3 Å². The minimum absolute atomic E-state index is 0.0256. The Kier molecular flexibility index (Phi) is 6.82. The molecule has 1 aliphatic heterocycles. The van der Waals surface area contributed by atoms with Crippen LogP contribution < -0.4 is 9.62 Å². The molecule has 1 aliphatic rings. The van der Waals surface area contributed by atoms with Gasteiger partial charge in [0, 0.05) is 22.3 Å². The summed E-state index contributed by atoms with van der Waals surface area (Å²) in [5.74, 6) is -0.572. The number of carbonyl (C=O) groups excluding carboxylic acids is 1. The summed E-state index contributed by atoms with van der Waals surface area (Å²) in [5.41, 5.74) is 2.06. The van der Waals surface area contributed by atoms with Crippen molar-refractivity contribution < 1.29 is 31.5 Å². The number of rotatable bonds is 5. The van der Waals surface area contributed by atoms with Gasteiger partial charge in [0.05, 0.1) is 16.5 Å². The van der Waals surface area contributed by atoms with Gasteiger partial charge in [-0.3, -0.25) is 9.52 Å². The Hall–Kier alpha value is -3.05. The molecule has 11 heteroatoms. The second kappa shape index (κ2) is 9.44. The van der Waals surface area contributed by atoms with Crippen molar-refractivity contribution in [1.29, 1.82) is 0 Å². The summed E-state index contributed by atoms with van der Waals surface area (Å²) in [5, 5.41) is 9.41. The molecule has 0 aliphatic carbocycles. The van der Waals surface area contributed by atoms with Gasteiger partial charge in [-0.1, -0.05) is 34.1 Å². The topological polar surface area (TPSA) is 86.7 Å². The zero-order valence-corrected chi connectivity index (χ0v) is 21.6. The van der Waals surface area contributed by atoms with E-state index in [1.807, 2.05) is 0 Å². The standard InChI is InChI=1S/C25H22BrF3N2O4S/c1-14(2)36(34,35)30-22-13-18(5-8-23(22)32)31-10-9-16-11-15(3-6-20(16)24(31)33)19-7-4-17(12-21(19)26)25(27,28)29/h3-8,11-14,30,32H,9-10H2,1-2H3. The molecule has 0 spiro atoms. The maximum Gasteiger partial charge on any atom is 0.416 e. The minimum Gasteiger partial charge on any atom is -0.506 e. The van der Waals surface area contributed by atoms with Crippen LogP contribution in [0.2, 0.25) is 0 Å². The first-order valence-electron chi connectivity index (χ1n) is 10.9. The fraction of sp³-hybridized carbons (Fsp3) is 0.240. The van der Waals surface area contributed by atoms with Crippen LogP contribution in [0.1, 0.15) is 35.3 Å². The van der Waals surface area contributed by atoms with E-state index in [1.54, 1.807) is 18.2 Å². The van der Waals surface area contributed by atoms with Gasteiger partial charge in [-0.15, -0.1) is 0 Å². The van der Waals surface area contributed by atoms with Crippen LogP contribution in [-0.4, -0.2) is 31.2 Å². The van der Waals surface area contributed by atoms with Crippen molar-refractivity contribution in [2.24, 2.45) is 0 Å². The fourth-order valence-corrected chi connectivity index (χ4v) is 5.19. The number of fused-ring (bicyclic) bond motifs is 1. The van der Waals surface area contributed by atoms with Gasteiger partial charge in [0.25, 0.3) is 5.91 Å². The Morgan fingerprint density at radius 1 is 1.03 bits per heavy atom. The number of anilines is 2. The Bertz CT molecular complexity index is 1460. The van der Waals surface area contributed by atoms with Crippen LogP contribution in [0.3, 0.4) is 0 Å². The van der Waals surface area contributed by atoms with Gasteiger partial charge in [0.2, 0.25) is 10.0 Å². The molecule has 0 radical (unpaired) electrons. The van der Waals surface area contributed by atoms with E-state index in [4.69, 9.17) is 0 Å². The molecule has 0 fully saturated rings. The van der Waals surface area contributed by atoms with E-state index in [0.717, 1.165) is 17.7 Å². The van der Waals surface area contributed by atoms with E-state index in [2.05, 4.69) is 20.7 Å². The molecule has 1 heterocycles. The molecule has 0 saturated carbocycles. The van der Waals surface area contributed by atoms with Crippen molar-refractivity contribution in [2.75, 3.05) is 16.2 Å². The number of aromatic hydroxyl groups is 1. The molecule has 4 rings (SSSR count). The summed E-state index contributed by atoms with van der Waals surface area (Å²) in [6.45, 7) is 3.31. The first kappa shape index (κ1) is 26.0. The average Bonchev–Trinajstić information content (AvgIpc) is 2.80. The smallest absolute Gasteiger partial charge is 0.416 e. The number of sulfonamides is 1. The van der Waals surface area contributed by atoms with Gasteiger partial charge < -0.3 is 10.0 Å². The first-order chi connectivity index (χ1) is 16.8. The highest BCUT2D eigenvalue weighted by atomic mass is 79.9. The predicted molar refractivity (Wildman–Crippen MR) is 136 cm³/mol. The Balaban J connectivity index is 1.63. The van der Waals surface area contributed by atoms with Gasteiger partial charge in [0.1, 0.15) is 5.75 Å². The number of nitrogens with one attached hydrogen (secondary N) is 1. The Labute approximate surface area is 214 Å². The monoisotopic (exact) mass is 582 g/mol. The quantitative estimate of drug-likeness (QED) is 0.351. The molecule has 0 unspecified atom stereocenters. The van der Waals surface area contributed by atoms with Gasteiger partial charge >= 0.3 is 6.18 Å². The van der Waals surface area contributed by atoms with Crippen molar-refractivity contribution >= 4 is 43.2 Å². The number of carbonyl (C=O) groups is 1. The lowest BCUT2D eigenvalue weighted by Gasteiger charge is -2.29. The number of hydrogen-bond acceptors (Lipinski definition) is 4. The number of nitrogens with zero attached hydrogens (tertiary/aromatic N) is 1. The van der Waals surface area contributed by atoms with Crippen molar-refractivity contribution in [1.82, 2.24) is 0 Å². The predicted octanol–water partition coefficient (Wildman–Crippen LogP) is 6.19. The number of phenols is 1. The molecule has 2 N–H and O–H groups in total. The average molecular weight is 583 g/mol. The molecule has 1 amide bonds. The molecule has 6 nitrogen and oxygen atoms in total. The third-order valence-electron chi connectivity index (χ3n) is 5.96. The van der Waals surface area contributed by atoms with Crippen LogP contribution in [0.4, 0.5) is 24.5 Å². The number of phenolic OH excluding ortho intramolecular Hbond substituents is 1. The maximum absolute atomic E-state index is 13.3. The van der Waals surface area contributed by atoms with Gasteiger partial charge in [-0.05, 0) is 73.4 Å². The van der Waals surface area contributed by atoms with E-state index in [9.17, 15) is 31.5 Å². The maximum atomic E-state index is 13.3. The lowest BCUT2D eigenvalue weighted by atomic mass is 9.93. The Morgan fingerprint density at radius 2 is 1.72 bits per heavy atom. The van der Waals surface area contributed by atoms with Crippen molar-refractivity contribution in [3.63, 3.8) is 0 Å². The van der Waals surface area contributed by atoms with Gasteiger partial charge in [-0.2, -0.15) is 13.2 Å². The summed E-state index contributed by atoms with van der Waals surface area (Å²) < 4.78 is 66.1. The SMILES string of the molecule is CC(C)S(=O)(=O)Nc1cc(N2CCc3cc(-c4ccc(C(F)(F)F)cc4Br)ccc3C2=O)ccc1O. The normalized spacial score (nSPS) is 14.2. The molecule has 190 valence electrons. The molecule has 3 aromatic rings. The number of halogens is 4. The van der Waals surface area contributed by atoms with Crippen molar-refractivity contribution in [3.8, 4) is 16.9 Å². The summed E-state index contributed by atoms with van der Waals surface area (Å²) in [7, 11) is -3.71. The molecule has 36 heavy (non-hydrogen) atoms. The molecular formula is C25H22BrF3N2O4S. The van der Waals surface area contributed by atoms with E-state index in [0.29, 0.717) is 39.8 Å². The molecule has 3 aromatic carbocycles. The summed E-state index contributed by atoms with van der Waals surface area (Å²) in [6, 6.07) is 12.8. The number of alkyl halides is 3. The summed E-state index contributed by atoms with van der Waals surface area (Å²) in [4.78, 5) is 14.8. The van der Waals surface area contributed by atoms with Crippen LogP contribution in [0.25, 0.3) is 11.1 Å². The molecule has 0 saturated heterocycles. The molecule has 0 bridgehead atoms. The highest BCUT2D eigenvalue weighted by Gasteiger charge is 2.31. The fourth-order valence-electron chi connectivity index (χ4n) is 3.87. The van der Waals surface area contributed by atoms with Crippen LogP contribution in [-0.2, 0) is 22.6 Å². The molecule has 0 aromatic heterocycles. The van der Waals surface area contributed by atoms with Gasteiger partial charge in [-0.25, -0.2) is 8.42 Å². The number of hydrogen-bond donors (Lipinski definition) is 2. The third-order valence-corrected chi connectivity index (χ3v) is 8.36.